The maximum Gasteiger partial charge on any atom is 0.0734 e. The number of aryl methyl sites for hydroxylation is 1. The van der Waals surface area contributed by atoms with E-state index in [0.29, 0.717) is 0 Å². The van der Waals surface area contributed by atoms with Gasteiger partial charge < -0.3 is 0 Å². The Bertz CT molecular complexity index is 480. The second-order valence-electron chi connectivity index (χ2n) is 4.40. The quantitative estimate of drug-likeness (QED) is 0.743. The highest BCUT2D eigenvalue weighted by Gasteiger charge is 2.28. The number of para-hydroxylation sites is 1. The Balaban J connectivity index is 2.18. The molecule has 1 aliphatic carbocycles. The van der Waals surface area contributed by atoms with Gasteiger partial charge in [0, 0.05) is 17.8 Å². The summed E-state index contributed by atoms with van der Waals surface area (Å²) < 4.78 is 2.17. The number of hydrogen-bond acceptors (Lipinski definition) is 1. The Morgan fingerprint density at radius 3 is 2.87 bits per heavy atom. The molecule has 3 rings (SSSR count). The lowest BCUT2D eigenvalue weighted by molar-refractivity contribution is 0.613. The van der Waals surface area contributed by atoms with Gasteiger partial charge in [0.05, 0.1) is 11.2 Å². The molecular formula is C13H16N2. The predicted octanol–water partition coefficient (Wildman–Crippen LogP) is 3.32. The zero-order chi connectivity index (χ0) is 10.3. The second kappa shape index (κ2) is 3.37. The molecule has 0 aliphatic heterocycles. The minimum absolute atomic E-state index is 0.744. The molecule has 0 bridgehead atoms. The number of nitrogens with zero attached hydrogens (tertiary/aromatic N) is 2. The Morgan fingerprint density at radius 1 is 1.33 bits per heavy atom. The number of benzene rings is 1. The molecule has 0 spiro atoms. The van der Waals surface area contributed by atoms with Crippen molar-refractivity contribution in [2.45, 2.75) is 38.6 Å². The summed E-state index contributed by atoms with van der Waals surface area (Å²) in [5.41, 5.74) is 2.64. The topological polar surface area (TPSA) is 17.8 Å². The van der Waals surface area contributed by atoms with Crippen molar-refractivity contribution in [3.63, 3.8) is 0 Å². The molecule has 1 heterocycles. The number of fused-ring (bicyclic) bond motifs is 1. The summed E-state index contributed by atoms with van der Waals surface area (Å²) in [7, 11) is 0. The van der Waals surface area contributed by atoms with Crippen LogP contribution in [0.5, 0.6) is 0 Å². The third-order valence-corrected chi connectivity index (χ3v) is 3.09. The van der Waals surface area contributed by atoms with Crippen LogP contribution in [0.4, 0.5) is 0 Å². The maximum absolute atomic E-state index is 4.76. The van der Waals surface area contributed by atoms with Gasteiger partial charge in [-0.25, -0.2) is 0 Å². The molecule has 0 saturated heterocycles. The van der Waals surface area contributed by atoms with Crippen molar-refractivity contribution in [3.05, 3.63) is 30.0 Å². The van der Waals surface area contributed by atoms with E-state index in [2.05, 4.69) is 35.9 Å². The summed E-state index contributed by atoms with van der Waals surface area (Å²) in [5, 5.41) is 6.13. The third-order valence-electron chi connectivity index (χ3n) is 3.09. The van der Waals surface area contributed by atoms with Crippen LogP contribution in [0.1, 0.15) is 37.8 Å². The van der Waals surface area contributed by atoms with Crippen LogP contribution in [-0.2, 0) is 6.54 Å². The van der Waals surface area contributed by atoms with Crippen molar-refractivity contribution in [2.24, 2.45) is 0 Å². The summed E-state index contributed by atoms with van der Waals surface area (Å²) in [5.74, 6) is 0.744. The largest absolute Gasteiger partial charge is 0.265 e. The highest BCUT2D eigenvalue weighted by Crippen LogP contribution is 2.42. The lowest BCUT2D eigenvalue weighted by Gasteiger charge is -1.98. The molecular weight excluding hydrogens is 184 g/mol. The molecule has 0 atom stereocenters. The molecule has 0 radical (unpaired) electrons. The van der Waals surface area contributed by atoms with Gasteiger partial charge in [0.2, 0.25) is 0 Å². The molecule has 0 N–H and O–H groups in total. The van der Waals surface area contributed by atoms with Crippen molar-refractivity contribution in [1.29, 1.82) is 0 Å². The van der Waals surface area contributed by atoms with Crippen molar-refractivity contribution in [2.75, 3.05) is 0 Å². The first-order chi connectivity index (χ1) is 7.40. The Labute approximate surface area is 89.9 Å². The minimum atomic E-state index is 0.744. The molecule has 15 heavy (non-hydrogen) atoms. The fourth-order valence-corrected chi connectivity index (χ4v) is 2.19. The standard InChI is InChI=1S/C13H16N2/c1-2-9-15-12-6-4-3-5-11(12)13(14-15)10-7-8-10/h3-6,10H,2,7-9H2,1H3. The molecule has 1 aliphatic rings. The van der Waals surface area contributed by atoms with Crippen LogP contribution in [0.3, 0.4) is 0 Å². The van der Waals surface area contributed by atoms with Gasteiger partial charge in [0.25, 0.3) is 0 Å². The Hall–Kier alpha value is -1.31. The summed E-state index contributed by atoms with van der Waals surface area (Å²) in [6.45, 7) is 3.24. The number of aromatic nitrogens is 2. The average Bonchev–Trinajstić information content (AvgIpc) is 3.04. The van der Waals surface area contributed by atoms with Crippen LogP contribution >= 0.6 is 0 Å². The van der Waals surface area contributed by atoms with E-state index in [9.17, 15) is 0 Å². The minimum Gasteiger partial charge on any atom is -0.265 e. The maximum atomic E-state index is 4.76. The van der Waals surface area contributed by atoms with Crippen molar-refractivity contribution in [3.8, 4) is 0 Å². The zero-order valence-corrected chi connectivity index (χ0v) is 9.11. The van der Waals surface area contributed by atoms with E-state index in [1.54, 1.807) is 0 Å². The molecule has 2 nitrogen and oxygen atoms in total. The van der Waals surface area contributed by atoms with Crippen LogP contribution in [-0.4, -0.2) is 9.78 Å². The smallest absolute Gasteiger partial charge is 0.0734 e. The molecule has 0 unspecified atom stereocenters. The fourth-order valence-electron chi connectivity index (χ4n) is 2.19. The summed E-state index contributed by atoms with van der Waals surface area (Å²) >= 11 is 0. The SMILES string of the molecule is CCCn1nc(C2CC2)c2ccccc21. The van der Waals surface area contributed by atoms with E-state index >= 15 is 0 Å². The summed E-state index contributed by atoms with van der Waals surface area (Å²) in [4.78, 5) is 0. The molecule has 78 valence electrons. The van der Waals surface area contributed by atoms with Gasteiger partial charge in [-0.15, -0.1) is 0 Å². The highest BCUT2D eigenvalue weighted by molar-refractivity contribution is 5.82. The van der Waals surface area contributed by atoms with Crippen LogP contribution < -0.4 is 0 Å². The first kappa shape index (κ1) is 8.96. The van der Waals surface area contributed by atoms with Gasteiger partial charge in [0.15, 0.2) is 0 Å². The molecule has 1 saturated carbocycles. The lowest BCUT2D eigenvalue weighted by Crippen LogP contribution is -1.98. The highest BCUT2D eigenvalue weighted by atomic mass is 15.3. The fraction of sp³-hybridized carbons (Fsp3) is 0.462. The molecule has 1 aromatic heterocycles. The van der Waals surface area contributed by atoms with E-state index in [-0.39, 0.29) is 0 Å². The molecule has 2 aromatic rings. The monoisotopic (exact) mass is 200 g/mol. The molecule has 1 fully saturated rings. The molecule has 0 amide bonds. The van der Waals surface area contributed by atoms with Gasteiger partial charge in [-0.2, -0.15) is 5.10 Å². The second-order valence-corrected chi connectivity index (χ2v) is 4.40. The summed E-state index contributed by atoms with van der Waals surface area (Å²) in [6, 6.07) is 8.62. The van der Waals surface area contributed by atoms with Gasteiger partial charge in [-0.05, 0) is 25.3 Å². The van der Waals surface area contributed by atoms with Crippen LogP contribution in [0.2, 0.25) is 0 Å². The predicted molar refractivity (Wildman–Crippen MR) is 62.0 cm³/mol. The van der Waals surface area contributed by atoms with Gasteiger partial charge in [-0.3, -0.25) is 4.68 Å². The van der Waals surface area contributed by atoms with Crippen molar-refractivity contribution < 1.29 is 0 Å². The zero-order valence-electron chi connectivity index (χ0n) is 9.11. The van der Waals surface area contributed by atoms with E-state index in [0.717, 1.165) is 18.9 Å². The van der Waals surface area contributed by atoms with E-state index in [4.69, 9.17) is 5.10 Å². The Kier molecular flexibility index (Phi) is 2.01. The van der Waals surface area contributed by atoms with Crippen molar-refractivity contribution >= 4 is 10.9 Å². The summed E-state index contributed by atoms with van der Waals surface area (Å²) in [6.07, 6.45) is 3.80. The first-order valence-corrected chi connectivity index (χ1v) is 5.85. The average molecular weight is 200 g/mol. The Morgan fingerprint density at radius 2 is 2.13 bits per heavy atom. The lowest BCUT2D eigenvalue weighted by atomic mass is 10.1. The van der Waals surface area contributed by atoms with E-state index in [1.165, 1.54) is 29.4 Å². The molecule has 1 aromatic carbocycles. The normalized spacial score (nSPS) is 16.1. The van der Waals surface area contributed by atoms with E-state index < -0.39 is 0 Å². The van der Waals surface area contributed by atoms with Crippen LogP contribution in [0, 0.1) is 0 Å². The first-order valence-electron chi connectivity index (χ1n) is 5.85. The van der Waals surface area contributed by atoms with Crippen LogP contribution in [0.25, 0.3) is 10.9 Å². The van der Waals surface area contributed by atoms with Gasteiger partial charge in [-0.1, -0.05) is 25.1 Å². The number of rotatable bonds is 3. The van der Waals surface area contributed by atoms with E-state index in [1.807, 2.05) is 0 Å². The van der Waals surface area contributed by atoms with Crippen molar-refractivity contribution in [1.82, 2.24) is 9.78 Å². The number of hydrogen-bond donors (Lipinski definition) is 0. The van der Waals surface area contributed by atoms with Crippen LogP contribution in [0.15, 0.2) is 24.3 Å². The molecule has 2 heteroatoms. The van der Waals surface area contributed by atoms with Gasteiger partial charge >= 0.3 is 0 Å². The third kappa shape index (κ3) is 1.44. The van der Waals surface area contributed by atoms with Gasteiger partial charge in [0.1, 0.15) is 0 Å².